The predicted molar refractivity (Wildman–Crippen MR) is 76.6 cm³/mol. The molecular formula is C15H21N3O2. The van der Waals surface area contributed by atoms with E-state index in [4.69, 9.17) is 0 Å². The molecule has 1 saturated carbocycles. The fraction of sp³-hybridized carbons (Fsp3) is 0.533. The van der Waals surface area contributed by atoms with Gasteiger partial charge in [-0.3, -0.25) is 14.6 Å². The smallest absolute Gasteiger partial charge is 0.270 e. The van der Waals surface area contributed by atoms with Gasteiger partial charge in [0.05, 0.1) is 0 Å². The van der Waals surface area contributed by atoms with Crippen molar-refractivity contribution in [1.29, 1.82) is 0 Å². The molecule has 0 radical (unpaired) electrons. The number of pyridine rings is 1. The summed E-state index contributed by atoms with van der Waals surface area (Å²) in [7, 11) is 0. The van der Waals surface area contributed by atoms with Crippen LogP contribution in [0.1, 0.15) is 60.4 Å². The highest BCUT2D eigenvalue weighted by atomic mass is 16.2. The number of nitrogens with one attached hydrogen (secondary N) is 2. The molecule has 2 rings (SSSR count). The molecule has 20 heavy (non-hydrogen) atoms. The van der Waals surface area contributed by atoms with Crippen molar-refractivity contribution >= 4 is 11.8 Å². The van der Waals surface area contributed by atoms with Gasteiger partial charge in [-0.25, -0.2) is 0 Å². The minimum atomic E-state index is -0.254. The van der Waals surface area contributed by atoms with Crippen LogP contribution in [-0.4, -0.2) is 28.9 Å². The van der Waals surface area contributed by atoms with Crippen LogP contribution in [-0.2, 0) is 0 Å². The maximum Gasteiger partial charge on any atom is 0.270 e. The first kappa shape index (κ1) is 14.5. The first-order valence-electron chi connectivity index (χ1n) is 7.14. The van der Waals surface area contributed by atoms with E-state index in [1.54, 1.807) is 12.1 Å². The Balaban J connectivity index is 2.04. The minimum Gasteiger partial charge on any atom is -0.349 e. The van der Waals surface area contributed by atoms with Crippen molar-refractivity contribution in [2.45, 2.75) is 51.6 Å². The molecule has 1 aliphatic rings. The third-order valence-corrected chi connectivity index (χ3v) is 3.36. The zero-order chi connectivity index (χ0) is 14.5. The standard InChI is InChI=1S/C15H21N3O2/c1-10(2)17-15(20)13-9-11(7-8-16-13)14(19)18-12-5-3-4-6-12/h7-10,12H,3-6H2,1-2H3,(H,17,20)(H,18,19). The van der Waals surface area contributed by atoms with Gasteiger partial charge in [-0.05, 0) is 38.8 Å². The molecule has 0 aliphatic heterocycles. The van der Waals surface area contributed by atoms with Crippen LogP contribution in [0, 0.1) is 0 Å². The second-order valence-electron chi connectivity index (χ2n) is 5.51. The Morgan fingerprint density at radius 1 is 1.25 bits per heavy atom. The van der Waals surface area contributed by atoms with Gasteiger partial charge in [0.2, 0.25) is 0 Å². The quantitative estimate of drug-likeness (QED) is 0.881. The number of carbonyl (C=O) groups excluding carboxylic acids is 2. The molecule has 0 unspecified atom stereocenters. The van der Waals surface area contributed by atoms with Gasteiger partial charge in [-0.1, -0.05) is 12.8 Å². The van der Waals surface area contributed by atoms with Crippen molar-refractivity contribution in [3.05, 3.63) is 29.6 Å². The highest BCUT2D eigenvalue weighted by molar-refractivity contribution is 5.98. The molecule has 0 bridgehead atoms. The highest BCUT2D eigenvalue weighted by Crippen LogP contribution is 2.18. The second kappa shape index (κ2) is 6.50. The van der Waals surface area contributed by atoms with E-state index in [2.05, 4.69) is 15.6 Å². The first-order chi connectivity index (χ1) is 9.56. The summed E-state index contributed by atoms with van der Waals surface area (Å²) >= 11 is 0. The Morgan fingerprint density at radius 3 is 2.60 bits per heavy atom. The molecule has 1 fully saturated rings. The molecular weight excluding hydrogens is 254 g/mol. The van der Waals surface area contributed by atoms with Crippen molar-refractivity contribution in [1.82, 2.24) is 15.6 Å². The van der Waals surface area contributed by atoms with E-state index in [0.29, 0.717) is 5.56 Å². The van der Waals surface area contributed by atoms with Crippen LogP contribution < -0.4 is 10.6 Å². The summed E-state index contributed by atoms with van der Waals surface area (Å²) in [4.78, 5) is 28.0. The Morgan fingerprint density at radius 2 is 1.95 bits per heavy atom. The summed E-state index contributed by atoms with van der Waals surface area (Å²) in [6, 6.07) is 3.49. The van der Waals surface area contributed by atoms with E-state index in [0.717, 1.165) is 12.8 Å². The van der Waals surface area contributed by atoms with E-state index in [-0.39, 0.29) is 29.6 Å². The van der Waals surface area contributed by atoms with Gasteiger partial charge in [0, 0.05) is 23.8 Å². The zero-order valence-corrected chi connectivity index (χ0v) is 12.0. The molecule has 1 aliphatic carbocycles. The topological polar surface area (TPSA) is 71.1 Å². The largest absolute Gasteiger partial charge is 0.349 e. The highest BCUT2D eigenvalue weighted by Gasteiger charge is 2.19. The van der Waals surface area contributed by atoms with E-state index in [1.807, 2.05) is 13.8 Å². The van der Waals surface area contributed by atoms with Crippen molar-refractivity contribution in [2.24, 2.45) is 0 Å². The summed E-state index contributed by atoms with van der Waals surface area (Å²) in [6.45, 7) is 3.77. The average Bonchev–Trinajstić information content (AvgIpc) is 2.91. The molecule has 1 aromatic rings. The Bertz CT molecular complexity index is 494. The van der Waals surface area contributed by atoms with Crippen LogP contribution in [0.5, 0.6) is 0 Å². The molecule has 0 atom stereocenters. The number of hydrogen-bond donors (Lipinski definition) is 2. The summed E-state index contributed by atoms with van der Waals surface area (Å²) in [5.74, 6) is -0.381. The third-order valence-electron chi connectivity index (χ3n) is 3.36. The van der Waals surface area contributed by atoms with Crippen molar-refractivity contribution in [2.75, 3.05) is 0 Å². The van der Waals surface area contributed by atoms with Gasteiger partial charge in [0.1, 0.15) is 5.69 Å². The lowest BCUT2D eigenvalue weighted by molar-refractivity contribution is 0.0937. The molecule has 108 valence electrons. The van der Waals surface area contributed by atoms with Crippen LogP contribution in [0.3, 0.4) is 0 Å². The number of hydrogen-bond acceptors (Lipinski definition) is 3. The minimum absolute atomic E-state index is 0.0419. The summed E-state index contributed by atoms with van der Waals surface area (Å²) in [5.41, 5.74) is 0.763. The lowest BCUT2D eigenvalue weighted by atomic mass is 10.1. The number of aromatic nitrogens is 1. The molecule has 1 heterocycles. The van der Waals surface area contributed by atoms with Gasteiger partial charge in [-0.2, -0.15) is 0 Å². The number of nitrogens with zero attached hydrogens (tertiary/aromatic N) is 1. The molecule has 0 aromatic carbocycles. The normalized spacial score (nSPS) is 15.3. The summed E-state index contributed by atoms with van der Waals surface area (Å²) in [5, 5.41) is 5.77. The maximum atomic E-state index is 12.1. The van der Waals surface area contributed by atoms with Crippen LogP contribution in [0.15, 0.2) is 18.3 Å². The van der Waals surface area contributed by atoms with Crippen molar-refractivity contribution in [3.63, 3.8) is 0 Å². The maximum absolute atomic E-state index is 12.1. The van der Waals surface area contributed by atoms with Crippen LogP contribution >= 0.6 is 0 Å². The van der Waals surface area contributed by atoms with Crippen LogP contribution in [0.4, 0.5) is 0 Å². The molecule has 2 N–H and O–H groups in total. The Hall–Kier alpha value is -1.91. The van der Waals surface area contributed by atoms with Gasteiger partial charge >= 0.3 is 0 Å². The second-order valence-corrected chi connectivity index (χ2v) is 5.51. The van der Waals surface area contributed by atoms with E-state index >= 15 is 0 Å². The monoisotopic (exact) mass is 275 g/mol. The predicted octanol–water partition coefficient (Wildman–Crippen LogP) is 1.89. The average molecular weight is 275 g/mol. The molecule has 0 saturated heterocycles. The van der Waals surface area contributed by atoms with Gasteiger partial charge in [0.25, 0.3) is 11.8 Å². The van der Waals surface area contributed by atoms with Gasteiger partial charge < -0.3 is 10.6 Å². The number of amides is 2. The van der Waals surface area contributed by atoms with Gasteiger partial charge in [0.15, 0.2) is 0 Å². The third kappa shape index (κ3) is 3.79. The van der Waals surface area contributed by atoms with Crippen molar-refractivity contribution < 1.29 is 9.59 Å². The van der Waals surface area contributed by atoms with Crippen molar-refractivity contribution in [3.8, 4) is 0 Å². The Labute approximate surface area is 119 Å². The Kier molecular flexibility index (Phi) is 4.71. The fourth-order valence-corrected chi connectivity index (χ4v) is 2.37. The lowest BCUT2D eigenvalue weighted by Gasteiger charge is -2.12. The molecule has 1 aromatic heterocycles. The van der Waals surface area contributed by atoms with E-state index < -0.39 is 0 Å². The molecule has 2 amide bonds. The van der Waals surface area contributed by atoms with E-state index in [9.17, 15) is 9.59 Å². The molecule has 5 nitrogen and oxygen atoms in total. The molecule has 5 heteroatoms. The lowest BCUT2D eigenvalue weighted by Crippen LogP contribution is -2.33. The number of rotatable bonds is 4. The zero-order valence-electron chi connectivity index (χ0n) is 12.0. The van der Waals surface area contributed by atoms with Crippen LogP contribution in [0.2, 0.25) is 0 Å². The number of carbonyl (C=O) groups is 2. The fourth-order valence-electron chi connectivity index (χ4n) is 2.37. The first-order valence-corrected chi connectivity index (χ1v) is 7.14. The van der Waals surface area contributed by atoms with Crippen LogP contribution in [0.25, 0.3) is 0 Å². The molecule has 0 spiro atoms. The SMILES string of the molecule is CC(C)NC(=O)c1cc(C(=O)NC2CCCC2)ccn1. The summed E-state index contributed by atoms with van der Waals surface area (Å²) < 4.78 is 0. The summed E-state index contributed by atoms with van der Waals surface area (Å²) in [6.07, 6.45) is 5.92. The van der Waals surface area contributed by atoms with E-state index in [1.165, 1.54) is 19.0 Å². The van der Waals surface area contributed by atoms with Gasteiger partial charge in [-0.15, -0.1) is 0 Å².